The number of aromatic nitrogens is 2. The number of β-amino-alcohol motifs (C(OH)–C–C–N with tert-alkyl or cyclic N) is 1. The van der Waals surface area contributed by atoms with Gasteiger partial charge in [-0.15, -0.1) is 28.2 Å². The Hall–Kier alpha value is -5.53. The highest BCUT2D eigenvalue weighted by Gasteiger charge is 2.50. The summed E-state index contributed by atoms with van der Waals surface area (Å²) in [4.78, 5) is 82.6. The van der Waals surface area contributed by atoms with Gasteiger partial charge in [0.2, 0.25) is 23.6 Å². The van der Waals surface area contributed by atoms with Gasteiger partial charge >= 0.3 is 0 Å². The van der Waals surface area contributed by atoms with Crippen molar-refractivity contribution in [3.05, 3.63) is 93.9 Å². The highest BCUT2D eigenvalue weighted by molar-refractivity contribution is 7.13. The van der Waals surface area contributed by atoms with Crippen LogP contribution in [0.15, 0.2) is 76.5 Å². The number of carbonyl (C=O) groups excluding carboxylic acids is 4. The van der Waals surface area contributed by atoms with E-state index in [0.717, 1.165) is 49.1 Å². The first-order valence-electron chi connectivity index (χ1n) is 23.7. The highest BCUT2D eigenvalue weighted by atomic mass is 32.1. The Morgan fingerprint density at radius 1 is 0.855 bits per heavy atom. The van der Waals surface area contributed by atoms with Gasteiger partial charge in [-0.2, -0.15) is 0 Å². The van der Waals surface area contributed by atoms with E-state index >= 15 is 0 Å². The Balaban J connectivity index is 0.913. The molecule has 18 heteroatoms. The van der Waals surface area contributed by atoms with E-state index in [2.05, 4.69) is 31.2 Å². The Kier molecular flexibility index (Phi) is 15.1. The molecule has 8 atom stereocenters. The van der Waals surface area contributed by atoms with Crippen molar-refractivity contribution in [1.29, 1.82) is 0 Å². The molecule has 368 valence electrons. The summed E-state index contributed by atoms with van der Waals surface area (Å²) in [5, 5.41) is 21.0. The molecule has 2 unspecified atom stereocenters. The van der Waals surface area contributed by atoms with Crippen molar-refractivity contribution in [3.63, 3.8) is 0 Å². The number of carbonyl (C=O) groups is 4. The lowest BCUT2D eigenvalue weighted by molar-refractivity contribution is -0.150. The number of nitrogens with zero attached hydrogens (tertiary/aromatic N) is 5. The van der Waals surface area contributed by atoms with Crippen LogP contribution in [-0.2, 0) is 46.7 Å². The molecular weight excluding hydrogens is 917 g/mol. The third-order valence-corrected chi connectivity index (χ3v) is 15.5. The molecule has 4 aliphatic rings. The summed E-state index contributed by atoms with van der Waals surface area (Å²) in [6.45, 7) is 16.5. The number of rotatable bonds is 16. The SMILES string of the molecule is CC[C@@H](C(=O)N1C[C@H](O)C[C@H]1C(=O)NCc1ccc(-c2scnc2C)cc1)C1=CC(C)(CO[C@@H]2C[C@@H](C(=O)NCc3ccc(-c4scnc4C)cc3)N(C(=O)[C@@H](C3CC(C)=NO3)C(C)(C)C)C2)NO1. The maximum atomic E-state index is 14.7. The van der Waals surface area contributed by atoms with Gasteiger partial charge in [0.15, 0.2) is 0 Å². The van der Waals surface area contributed by atoms with Gasteiger partial charge in [0.05, 0.1) is 74.1 Å². The van der Waals surface area contributed by atoms with E-state index in [4.69, 9.17) is 14.4 Å². The van der Waals surface area contributed by atoms with Crippen molar-refractivity contribution in [2.45, 2.75) is 130 Å². The lowest BCUT2D eigenvalue weighted by Crippen LogP contribution is -2.52. The number of likely N-dealkylation sites (tertiary alicyclic amines) is 2. The number of aliphatic hydroxyl groups excluding tert-OH is 1. The molecule has 0 saturated carbocycles. The van der Waals surface area contributed by atoms with Gasteiger partial charge in [0.1, 0.15) is 23.9 Å². The van der Waals surface area contributed by atoms with Crippen molar-refractivity contribution in [2.24, 2.45) is 22.4 Å². The first kappa shape index (κ1) is 49.9. The summed E-state index contributed by atoms with van der Waals surface area (Å²) in [6, 6.07) is 14.3. The molecular formula is C51H64N8O8S2. The van der Waals surface area contributed by atoms with Crippen molar-refractivity contribution < 1.29 is 38.7 Å². The number of benzene rings is 2. The molecule has 69 heavy (non-hydrogen) atoms. The number of hydrogen-bond acceptors (Lipinski definition) is 14. The monoisotopic (exact) mass is 980 g/mol. The molecule has 2 aromatic carbocycles. The number of hydrogen-bond donors (Lipinski definition) is 4. The standard InChI is InChI=1S/C51H64N8O8S2/c1-9-38(48(63)58-24-36(60)19-39(58)46(61)52-22-32-10-14-34(15-11-32)44-30(3)54-27-68-44)42-21-51(8,57-67-42)26-65-37-20-40(59(25-37)49(64)43(50(5,6)7)41-18-29(2)56-66-41)47(62)53-23-33-12-16-35(17-13-33)45-31(4)55-28-69-45/h10-17,21,27-28,36-41,43,57,60H,9,18-20,22-26H2,1-8H3,(H,52,61)(H,53,62)/t36-,37-,38-,39+,40+,41?,43-,51?/m1/s1. The number of aryl methyl sites for hydroxylation is 2. The minimum absolute atomic E-state index is 0.0259. The zero-order valence-electron chi connectivity index (χ0n) is 40.6. The molecule has 4 N–H and O–H groups in total. The number of aliphatic hydroxyl groups is 1. The zero-order chi connectivity index (χ0) is 49.2. The average Bonchev–Trinajstić information content (AvgIpc) is 4.20. The van der Waals surface area contributed by atoms with E-state index in [1.54, 1.807) is 27.6 Å². The van der Waals surface area contributed by atoms with E-state index < -0.39 is 53.2 Å². The molecule has 8 rings (SSSR count). The van der Waals surface area contributed by atoms with Gasteiger partial charge in [-0.25, -0.2) is 9.97 Å². The van der Waals surface area contributed by atoms with E-state index in [1.807, 2.05) is 121 Å². The van der Waals surface area contributed by atoms with E-state index in [-0.39, 0.29) is 69.3 Å². The predicted octanol–water partition coefficient (Wildman–Crippen LogP) is 6.46. The molecule has 16 nitrogen and oxygen atoms in total. The van der Waals surface area contributed by atoms with E-state index in [9.17, 15) is 24.3 Å². The van der Waals surface area contributed by atoms with Gasteiger partial charge in [-0.1, -0.05) is 81.4 Å². The predicted molar refractivity (Wildman–Crippen MR) is 264 cm³/mol. The third kappa shape index (κ3) is 11.3. The maximum absolute atomic E-state index is 14.7. The maximum Gasteiger partial charge on any atom is 0.243 e. The lowest BCUT2D eigenvalue weighted by atomic mass is 9.75. The second kappa shape index (κ2) is 20.8. The van der Waals surface area contributed by atoms with E-state index in [1.165, 1.54) is 4.90 Å². The second-order valence-corrected chi connectivity index (χ2v) is 21.8. The molecule has 0 bridgehead atoms. The van der Waals surface area contributed by atoms with Gasteiger partial charge in [0.25, 0.3) is 0 Å². The fourth-order valence-corrected chi connectivity index (χ4v) is 11.4. The number of hydroxylamine groups is 1. The topological polar surface area (TPSA) is 197 Å². The fourth-order valence-electron chi connectivity index (χ4n) is 9.78. The number of nitrogens with one attached hydrogen (secondary N) is 3. The summed E-state index contributed by atoms with van der Waals surface area (Å²) in [7, 11) is 0. The molecule has 2 aromatic heterocycles. The molecule has 2 fully saturated rings. The van der Waals surface area contributed by atoms with Crippen molar-refractivity contribution in [3.8, 4) is 20.9 Å². The van der Waals surface area contributed by atoms with Crippen LogP contribution in [0.1, 0.15) is 89.7 Å². The van der Waals surface area contributed by atoms with Crippen LogP contribution in [0.25, 0.3) is 20.9 Å². The molecule has 4 aromatic rings. The minimum Gasteiger partial charge on any atom is -0.412 e. The van der Waals surface area contributed by atoms with Crippen molar-refractivity contribution in [2.75, 3.05) is 19.7 Å². The van der Waals surface area contributed by atoms with Crippen LogP contribution >= 0.6 is 22.7 Å². The Morgan fingerprint density at radius 3 is 1.90 bits per heavy atom. The number of amides is 4. The summed E-state index contributed by atoms with van der Waals surface area (Å²) in [5.41, 5.74) is 12.0. The lowest BCUT2D eigenvalue weighted by Gasteiger charge is -2.37. The normalized spacial score (nSPS) is 24.3. The third-order valence-electron chi connectivity index (χ3n) is 13.5. The molecule has 6 heterocycles. The van der Waals surface area contributed by atoms with Crippen molar-refractivity contribution in [1.82, 2.24) is 35.9 Å². The number of ether oxygens (including phenoxy) is 1. The van der Waals surface area contributed by atoms with Crippen LogP contribution in [0, 0.1) is 31.1 Å². The Bertz CT molecular complexity index is 2570. The van der Waals surface area contributed by atoms with Crippen LogP contribution in [0.5, 0.6) is 0 Å². The van der Waals surface area contributed by atoms with Gasteiger partial charge in [0, 0.05) is 45.4 Å². The highest BCUT2D eigenvalue weighted by Crippen LogP contribution is 2.38. The average molecular weight is 981 g/mol. The first-order chi connectivity index (χ1) is 32.9. The fraction of sp³-hybridized carbons (Fsp3) is 0.510. The van der Waals surface area contributed by atoms with E-state index in [0.29, 0.717) is 18.6 Å². The smallest absolute Gasteiger partial charge is 0.243 e. The summed E-state index contributed by atoms with van der Waals surface area (Å²) in [6.07, 6.45) is 1.31. The Morgan fingerprint density at radius 2 is 1.41 bits per heavy atom. The molecule has 0 aliphatic carbocycles. The van der Waals surface area contributed by atoms with Crippen LogP contribution in [0.3, 0.4) is 0 Å². The molecule has 0 radical (unpaired) electrons. The van der Waals surface area contributed by atoms with Crippen molar-refractivity contribution >= 4 is 52.0 Å². The van der Waals surface area contributed by atoms with Crippen LogP contribution < -0.4 is 16.1 Å². The van der Waals surface area contributed by atoms with Gasteiger partial charge in [-0.3, -0.25) is 19.2 Å². The first-order valence-corrected chi connectivity index (χ1v) is 25.5. The number of oxime groups is 1. The molecule has 2 saturated heterocycles. The molecule has 4 amide bonds. The minimum atomic E-state index is -0.877. The summed E-state index contributed by atoms with van der Waals surface area (Å²) in [5.74, 6) is -2.04. The van der Waals surface area contributed by atoms with Gasteiger partial charge < -0.3 is 40.0 Å². The van der Waals surface area contributed by atoms with Crippen LogP contribution in [0.4, 0.5) is 0 Å². The summed E-state index contributed by atoms with van der Waals surface area (Å²) >= 11 is 3.16. The summed E-state index contributed by atoms with van der Waals surface area (Å²) < 4.78 is 6.56. The largest absolute Gasteiger partial charge is 0.412 e. The van der Waals surface area contributed by atoms with Crippen LogP contribution in [0.2, 0.25) is 0 Å². The van der Waals surface area contributed by atoms with Gasteiger partial charge in [-0.05, 0) is 67.9 Å². The zero-order valence-corrected chi connectivity index (χ0v) is 42.2. The molecule has 4 aliphatic heterocycles. The number of thiazole rings is 2. The Labute approximate surface area is 411 Å². The quantitative estimate of drug-likeness (QED) is 0.0962. The molecule has 0 spiro atoms. The second-order valence-electron chi connectivity index (χ2n) is 20.1. The van der Waals surface area contributed by atoms with Crippen LogP contribution in [-0.4, -0.2) is 110 Å².